The van der Waals surface area contributed by atoms with Crippen molar-refractivity contribution in [2.45, 2.75) is 39.0 Å². The van der Waals surface area contributed by atoms with Gasteiger partial charge in [-0.2, -0.15) is 5.10 Å². The average molecular weight is 476 g/mol. The van der Waals surface area contributed by atoms with E-state index in [2.05, 4.69) is 22.7 Å². The molecule has 0 bridgehead atoms. The summed E-state index contributed by atoms with van der Waals surface area (Å²) in [6.07, 6.45) is 8.88. The zero-order valence-electron chi connectivity index (χ0n) is 16.4. The summed E-state index contributed by atoms with van der Waals surface area (Å²) in [5.74, 6) is 0.990. The highest BCUT2D eigenvalue weighted by Crippen LogP contribution is 2.39. The lowest BCUT2D eigenvalue weighted by atomic mass is 9.85. The summed E-state index contributed by atoms with van der Waals surface area (Å²) in [4.78, 5) is 19.1. The fourth-order valence-corrected chi connectivity index (χ4v) is 3.46. The number of carbonyl (C=O) groups excluding carboxylic acids is 1. The quantitative estimate of drug-likeness (QED) is 0.358. The third kappa shape index (κ3) is 6.14. The molecule has 0 atom stereocenters. The van der Waals surface area contributed by atoms with Crippen molar-refractivity contribution >= 4 is 35.8 Å². The minimum Gasteiger partial charge on any atom is -0.357 e. The van der Waals surface area contributed by atoms with Crippen LogP contribution in [-0.4, -0.2) is 60.3 Å². The lowest BCUT2D eigenvalue weighted by Gasteiger charge is -2.29. The smallest absolute Gasteiger partial charge is 0.230 e. The number of carbonyl (C=O) groups is 1. The number of aliphatic imine (C=N–C) groups is 1. The maximum atomic E-state index is 12.6. The van der Waals surface area contributed by atoms with E-state index >= 15 is 0 Å². The van der Waals surface area contributed by atoms with Crippen LogP contribution in [0.15, 0.2) is 17.4 Å². The summed E-state index contributed by atoms with van der Waals surface area (Å²) in [5, 5.41) is 10.8. The standard InChI is InChI=1S/C18H32N6O.HI/c1-5-19-17(20-11-8-15-12-22-24(4)13-15)21-14-18(9-6-7-10-18)16(25)23(2)3;/h12-13H,5-11,14H2,1-4H3,(H2,19,20,21);1H. The van der Waals surface area contributed by atoms with Crippen LogP contribution in [0.4, 0.5) is 0 Å². The molecule has 1 aliphatic carbocycles. The molecule has 1 fully saturated rings. The first kappa shape index (κ1) is 22.7. The molecular formula is C18H33IN6O. The number of aryl methyl sites for hydroxylation is 1. The first-order chi connectivity index (χ1) is 12.0. The number of guanidine groups is 1. The van der Waals surface area contributed by atoms with E-state index in [1.165, 1.54) is 5.56 Å². The second kappa shape index (κ2) is 10.7. The summed E-state index contributed by atoms with van der Waals surface area (Å²) in [7, 11) is 5.60. The Labute approximate surface area is 174 Å². The highest BCUT2D eigenvalue weighted by molar-refractivity contribution is 14.0. The molecule has 8 heteroatoms. The number of nitrogens with zero attached hydrogens (tertiary/aromatic N) is 4. The number of amides is 1. The maximum Gasteiger partial charge on any atom is 0.230 e. The minimum absolute atomic E-state index is 0. The van der Waals surface area contributed by atoms with E-state index < -0.39 is 0 Å². The number of hydrogen-bond acceptors (Lipinski definition) is 3. The fourth-order valence-electron chi connectivity index (χ4n) is 3.46. The van der Waals surface area contributed by atoms with E-state index in [9.17, 15) is 4.79 Å². The van der Waals surface area contributed by atoms with Crippen molar-refractivity contribution in [1.82, 2.24) is 25.3 Å². The van der Waals surface area contributed by atoms with Crippen molar-refractivity contribution in [3.05, 3.63) is 18.0 Å². The van der Waals surface area contributed by atoms with Crippen LogP contribution in [0.1, 0.15) is 38.2 Å². The largest absolute Gasteiger partial charge is 0.357 e. The van der Waals surface area contributed by atoms with E-state index in [-0.39, 0.29) is 35.3 Å². The Kier molecular flexibility index (Phi) is 9.38. The number of halogens is 1. The first-order valence-electron chi connectivity index (χ1n) is 9.18. The van der Waals surface area contributed by atoms with Crippen molar-refractivity contribution in [3.8, 4) is 0 Å². The van der Waals surface area contributed by atoms with E-state index in [4.69, 9.17) is 4.99 Å². The van der Waals surface area contributed by atoms with Gasteiger partial charge in [0.2, 0.25) is 5.91 Å². The molecule has 1 heterocycles. The molecule has 0 spiro atoms. The summed E-state index contributed by atoms with van der Waals surface area (Å²) < 4.78 is 1.81. The molecule has 2 N–H and O–H groups in total. The zero-order valence-corrected chi connectivity index (χ0v) is 18.7. The molecule has 1 saturated carbocycles. The molecule has 0 aliphatic heterocycles. The second-order valence-electron chi connectivity index (χ2n) is 7.08. The van der Waals surface area contributed by atoms with Crippen LogP contribution in [0.3, 0.4) is 0 Å². The third-order valence-electron chi connectivity index (χ3n) is 4.77. The molecule has 1 aromatic heterocycles. The highest BCUT2D eigenvalue weighted by atomic mass is 127. The van der Waals surface area contributed by atoms with Gasteiger partial charge in [-0.3, -0.25) is 14.5 Å². The van der Waals surface area contributed by atoms with E-state index in [0.717, 1.165) is 51.2 Å². The lowest BCUT2D eigenvalue weighted by Crippen LogP contribution is -2.43. The monoisotopic (exact) mass is 476 g/mol. The lowest BCUT2D eigenvalue weighted by molar-refractivity contribution is -0.138. The summed E-state index contributed by atoms with van der Waals surface area (Å²) in [6.45, 7) is 4.18. The Morgan fingerprint density at radius 1 is 1.35 bits per heavy atom. The van der Waals surface area contributed by atoms with Gasteiger partial charge in [-0.05, 0) is 31.7 Å². The number of hydrogen-bond donors (Lipinski definition) is 2. The molecule has 0 radical (unpaired) electrons. The molecule has 148 valence electrons. The Morgan fingerprint density at radius 2 is 2.04 bits per heavy atom. The van der Waals surface area contributed by atoms with Crippen molar-refractivity contribution in [2.75, 3.05) is 33.7 Å². The molecule has 1 aromatic rings. The first-order valence-corrected chi connectivity index (χ1v) is 9.18. The van der Waals surface area contributed by atoms with Gasteiger partial charge in [0.15, 0.2) is 5.96 Å². The van der Waals surface area contributed by atoms with Gasteiger partial charge in [-0.15, -0.1) is 24.0 Å². The Morgan fingerprint density at radius 3 is 2.58 bits per heavy atom. The van der Waals surface area contributed by atoms with Crippen molar-refractivity contribution in [2.24, 2.45) is 17.5 Å². The van der Waals surface area contributed by atoms with Crippen LogP contribution in [0.25, 0.3) is 0 Å². The topological polar surface area (TPSA) is 74.6 Å². The molecule has 1 aliphatic rings. The average Bonchev–Trinajstić information content (AvgIpc) is 3.22. The van der Waals surface area contributed by atoms with Crippen molar-refractivity contribution in [1.29, 1.82) is 0 Å². The van der Waals surface area contributed by atoms with Crippen LogP contribution in [0.2, 0.25) is 0 Å². The Bertz CT molecular complexity index is 592. The molecule has 0 unspecified atom stereocenters. The van der Waals surface area contributed by atoms with Crippen LogP contribution in [-0.2, 0) is 18.3 Å². The second-order valence-corrected chi connectivity index (χ2v) is 7.08. The molecule has 7 nitrogen and oxygen atoms in total. The highest BCUT2D eigenvalue weighted by Gasteiger charge is 2.41. The van der Waals surface area contributed by atoms with Crippen LogP contribution in [0.5, 0.6) is 0 Å². The molecule has 2 rings (SSSR count). The van der Waals surface area contributed by atoms with Crippen LogP contribution < -0.4 is 10.6 Å². The van der Waals surface area contributed by atoms with Gasteiger partial charge in [-0.25, -0.2) is 0 Å². The molecule has 0 saturated heterocycles. The Balaban J connectivity index is 0.00000338. The zero-order chi connectivity index (χ0) is 18.3. The van der Waals surface area contributed by atoms with Gasteiger partial charge in [0.25, 0.3) is 0 Å². The maximum absolute atomic E-state index is 12.6. The summed E-state index contributed by atoms with van der Waals surface area (Å²) in [6, 6.07) is 0. The molecule has 26 heavy (non-hydrogen) atoms. The molecule has 0 aromatic carbocycles. The van der Waals surface area contributed by atoms with Crippen LogP contribution in [0, 0.1) is 5.41 Å². The van der Waals surface area contributed by atoms with Gasteiger partial charge in [0.05, 0.1) is 18.2 Å². The van der Waals surface area contributed by atoms with Gasteiger partial charge in [0.1, 0.15) is 0 Å². The number of aromatic nitrogens is 2. The predicted molar refractivity (Wildman–Crippen MR) is 116 cm³/mol. The van der Waals surface area contributed by atoms with Gasteiger partial charge < -0.3 is 15.5 Å². The normalized spacial score (nSPS) is 16.1. The molecule has 1 amide bonds. The van der Waals surface area contributed by atoms with E-state index in [1.54, 1.807) is 4.90 Å². The number of rotatable bonds is 7. The van der Waals surface area contributed by atoms with Crippen molar-refractivity contribution in [3.63, 3.8) is 0 Å². The number of nitrogens with one attached hydrogen (secondary N) is 2. The SMILES string of the molecule is CCNC(=NCC1(C(=O)N(C)C)CCCC1)NCCc1cnn(C)c1.I. The summed E-state index contributed by atoms with van der Waals surface area (Å²) >= 11 is 0. The van der Waals surface area contributed by atoms with Crippen molar-refractivity contribution < 1.29 is 4.79 Å². The predicted octanol–water partition coefficient (Wildman–Crippen LogP) is 1.78. The van der Waals surface area contributed by atoms with E-state index in [1.807, 2.05) is 38.2 Å². The third-order valence-corrected chi connectivity index (χ3v) is 4.77. The van der Waals surface area contributed by atoms with E-state index in [0.29, 0.717) is 6.54 Å². The van der Waals surface area contributed by atoms with Gasteiger partial charge in [-0.1, -0.05) is 12.8 Å². The fraction of sp³-hybridized carbons (Fsp3) is 0.722. The van der Waals surface area contributed by atoms with Crippen LogP contribution >= 0.6 is 24.0 Å². The van der Waals surface area contributed by atoms with Gasteiger partial charge >= 0.3 is 0 Å². The Hall–Kier alpha value is -1.32. The minimum atomic E-state index is -0.324. The summed E-state index contributed by atoms with van der Waals surface area (Å²) in [5.41, 5.74) is 0.871. The van der Waals surface area contributed by atoms with Gasteiger partial charge in [0, 0.05) is 40.4 Å². The molecular weight excluding hydrogens is 443 g/mol.